The van der Waals surface area contributed by atoms with E-state index in [1.807, 2.05) is 24.3 Å². The molecule has 0 spiro atoms. The molecule has 3 heteroatoms. The Morgan fingerprint density at radius 3 is 1.64 bits per heavy atom. The molecule has 2 aromatic rings. The third-order valence-electron chi connectivity index (χ3n) is 5.82. The molecule has 3 aliphatic carbocycles. The molecular weight excluding hydrogens is 340 g/mol. The van der Waals surface area contributed by atoms with Crippen LogP contribution in [0.3, 0.4) is 0 Å². The van der Waals surface area contributed by atoms with Crippen LogP contribution in [-0.2, 0) is 15.6 Å². The molecule has 0 saturated heterocycles. The van der Waals surface area contributed by atoms with Crippen LogP contribution in [0.25, 0.3) is 0 Å². The van der Waals surface area contributed by atoms with Gasteiger partial charge in [0.05, 0.1) is 5.92 Å². The molecule has 2 bridgehead atoms. The zero-order chi connectivity index (χ0) is 15.7. The summed E-state index contributed by atoms with van der Waals surface area (Å²) in [5.41, 5.74) is 3.96. The van der Waals surface area contributed by atoms with Crippen LogP contribution in [0.5, 0.6) is 0 Å². The average molecular weight is 357 g/mol. The summed E-state index contributed by atoms with van der Waals surface area (Å²) >= 11 is 3.76. The maximum atomic E-state index is 12.1. The smallest absolute Gasteiger partial charge is 0.308 e. The number of carboxylic acid groups (broad SMARTS) is 1. The lowest BCUT2D eigenvalue weighted by molar-refractivity contribution is -0.144. The summed E-state index contributed by atoms with van der Waals surface area (Å²) < 4.78 is 0. The van der Waals surface area contributed by atoms with Gasteiger partial charge in [0.15, 0.2) is 0 Å². The van der Waals surface area contributed by atoms with Gasteiger partial charge in [-0.1, -0.05) is 78.3 Å². The predicted molar refractivity (Wildman–Crippen MR) is 89.6 cm³/mol. The van der Waals surface area contributed by atoms with Gasteiger partial charge in [-0.2, -0.15) is 0 Å². The van der Waals surface area contributed by atoms with Crippen molar-refractivity contribution in [2.75, 3.05) is 0 Å². The van der Waals surface area contributed by atoms with Crippen molar-refractivity contribution in [1.82, 2.24) is 0 Å². The van der Waals surface area contributed by atoms with Crippen LogP contribution >= 0.6 is 15.9 Å². The molecule has 0 amide bonds. The first-order valence-corrected chi connectivity index (χ1v) is 8.42. The van der Waals surface area contributed by atoms with Crippen molar-refractivity contribution in [3.63, 3.8) is 0 Å². The van der Waals surface area contributed by atoms with Gasteiger partial charge in [-0.15, -0.1) is 0 Å². The molecule has 2 nitrogen and oxygen atoms in total. The summed E-state index contributed by atoms with van der Waals surface area (Å²) in [6.07, 6.45) is 0. The highest BCUT2D eigenvalue weighted by Gasteiger charge is 2.63. The number of benzene rings is 2. The van der Waals surface area contributed by atoms with Crippen molar-refractivity contribution < 1.29 is 9.90 Å². The van der Waals surface area contributed by atoms with Crippen LogP contribution in [0.4, 0.5) is 0 Å². The second-order valence-corrected chi connectivity index (χ2v) is 7.70. The first-order chi connectivity index (χ1) is 10.4. The molecule has 112 valence electrons. The molecule has 0 fully saturated rings. The zero-order valence-electron chi connectivity index (χ0n) is 12.5. The Labute approximate surface area is 138 Å². The Kier molecular flexibility index (Phi) is 2.69. The molecule has 22 heavy (non-hydrogen) atoms. The van der Waals surface area contributed by atoms with E-state index >= 15 is 0 Å². The first-order valence-electron chi connectivity index (χ1n) is 7.50. The van der Waals surface area contributed by atoms with Gasteiger partial charge in [0, 0.05) is 15.7 Å². The number of fused-ring (bicyclic) bond motifs is 1. The first kappa shape index (κ1) is 14.0. The van der Waals surface area contributed by atoms with Crippen molar-refractivity contribution in [2.45, 2.75) is 29.5 Å². The molecule has 0 aliphatic heterocycles. The maximum Gasteiger partial charge on any atom is 0.308 e. The van der Waals surface area contributed by atoms with Gasteiger partial charge in [0.2, 0.25) is 0 Å². The summed E-state index contributed by atoms with van der Waals surface area (Å²) in [6.45, 7) is 4.25. The Morgan fingerprint density at radius 2 is 1.27 bits per heavy atom. The van der Waals surface area contributed by atoms with E-state index in [9.17, 15) is 9.90 Å². The second kappa shape index (κ2) is 4.23. The van der Waals surface area contributed by atoms with Crippen molar-refractivity contribution >= 4 is 21.9 Å². The number of rotatable bonds is 1. The molecule has 1 N–H and O–H groups in total. The van der Waals surface area contributed by atoms with E-state index in [4.69, 9.17) is 0 Å². The number of hydrogen-bond acceptors (Lipinski definition) is 1. The predicted octanol–water partition coefficient (Wildman–Crippen LogP) is 4.09. The topological polar surface area (TPSA) is 37.3 Å². The molecule has 2 atom stereocenters. The largest absolute Gasteiger partial charge is 0.481 e. The molecular formula is C19H17BrO2. The van der Waals surface area contributed by atoms with Crippen LogP contribution in [0.1, 0.15) is 36.1 Å². The monoisotopic (exact) mass is 356 g/mol. The molecule has 0 saturated carbocycles. The number of hydrogen-bond donors (Lipinski definition) is 1. The van der Waals surface area contributed by atoms with Gasteiger partial charge in [-0.05, 0) is 22.3 Å². The van der Waals surface area contributed by atoms with Gasteiger partial charge in [0.25, 0.3) is 0 Å². The van der Waals surface area contributed by atoms with Crippen molar-refractivity contribution in [2.24, 2.45) is 5.92 Å². The van der Waals surface area contributed by atoms with E-state index in [1.54, 1.807) is 0 Å². The number of alkyl halides is 1. The van der Waals surface area contributed by atoms with Crippen molar-refractivity contribution in [3.05, 3.63) is 70.8 Å². The van der Waals surface area contributed by atoms with Crippen molar-refractivity contribution in [1.29, 1.82) is 0 Å². The molecule has 0 heterocycles. The minimum Gasteiger partial charge on any atom is -0.481 e. The fourth-order valence-electron chi connectivity index (χ4n) is 4.70. The average Bonchev–Trinajstić information content (AvgIpc) is 2.52. The fraction of sp³-hybridized carbons (Fsp3) is 0.316. The minimum atomic E-state index is -0.736. The quantitative estimate of drug-likeness (QED) is 0.781. The summed E-state index contributed by atoms with van der Waals surface area (Å²) in [5.74, 6) is -1.22. The maximum absolute atomic E-state index is 12.1. The fourth-order valence-corrected chi connectivity index (χ4v) is 5.95. The highest BCUT2D eigenvalue weighted by Crippen LogP contribution is 2.63. The van der Waals surface area contributed by atoms with Gasteiger partial charge in [-0.3, -0.25) is 4.79 Å². The van der Waals surface area contributed by atoms with Gasteiger partial charge < -0.3 is 5.11 Å². The number of halogens is 1. The molecule has 0 radical (unpaired) electrons. The van der Waals surface area contributed by atoms with Crippen LogP contribution in [-0.4, -0.2) is 15.9 Å². The second-order valence-electron chi connectivity index (χ2n) is 6.71. The lowest BCUT2D eigenvalue weighted by atomic mass is 9.46. The molecule has 0 aromatic heterocycles. The van der Waals surface area contributed by atoms with E-state index in [2.05, 4.69) is 54.0 Å². The normalized spacial score (nSPS) is 34.9. The SMILES string of the molecule is CC12c3ccccc3C(C)(c3ccccc31)C(C(=O)O)C2Br. The standard InChI is InChI=1S/C19H17BrO2/c1-18-11-7-3-5-9-13(11)19(2,16(20)15(18)17(21)22)14-10-6-4-8-12(14)18/h3-10,15-16H,1-2H3,(H,21,22). The van der Waals surface area contributed by atoms with E-state index in [-0.39, 0.29) is 10.2 Å². The Bertz CT molecular complexity index is 748. The highest BCUT2D eigenvalue weighted by molar-refractivity contribution is 9.09. The van der Waals surface area contributed by atoms with E-state index < -0.39 is 17.3 Å². The van der Waals surface area contributed by atoms with Crippen LogP contribution in [0, 0.1) is 5.92 Å². The van der Waals surface area contributed by atoms with Gasteiger partial charge in [-0.25, -0.2) is 0 Å². The highest BCUT2D eigenvalue weighted by atomic mass is 79.9. The Hall–Kier alpha value is -1.61. The molecule has 3 aliphatic rings. The van der Waals surface area contributed by atoms with Gasteiger partial charge in [0.1, 0.15) is 0 Å². The van der Waals surface area contributed by atoms with E-state index in [0.29, 0.717) is 0 Å². The summed E-state index contributed by atoms with van der Waals surface area (Å²) in [4.78, 5) is 12.0. The molecule has 5 rings (SSSR count). The zero-order valence-corrected chi connectivity index (χ0v) is 14.1. The van der Waals surface area contributed by atoms with Gasteiger partial charge >= 0.3 is 5.97 Å². The third kappa shape index (κ3) is 1.34. The summed E-state index contributed by atoms with van der Waals surface area (Å²) in [7, 11) is 0. The Morgan fingerprint density at radius 1 is 0.909 bits per heavy atom. The Balaban J connectivity index is 2.19. The van der Waals surface area contributed by atoms with Crippen LogP contribution in [0.15, 0.2) is 48.5 Å². The summed E-state index contributed by atoms with van der Waals surface area (Å²) in [5, 5.41) is 9.93. The van der Waals surface area contributed by atoms with E-state index in [0.717, 1.165) is 11.1 Å². The van der Waals surface area contributed by atoms with Crippen LogP contribution < -0.4 is 0 Å². The molecule has 2 unspecified atom stereocenters. The molecule has 2 aromatic carbocycles. The minimum absolute atomic E-state index is 0.132. The van der Waals surface area contributed by atoms with Crippen molar-refractivity contribution in [3.8, 4) is 0 Å². The van der Waals surface area contributed by atoms with Crippen LogP contribution in [0.2, 0.25) is 0 Å². The number of aliphatic carboxylic acids is 1. The number of carbonyl (C=O) groups is 1. The third-order valence-corrected chi connectivity index (χ3v) is 7.27. The van der Waals surface area contributed by atoms with E-state index in [1.165, 1.54) is 11.1 Å². The summed E-state index contributed by atoms with van der Waals surface area (Å²) in [6, 6.07) is 16.6. The number of carboxylic acids is 1. The lowest BCUT2D eigenvalue weighted by Gasteiger charge is -2.58. The lowest BCUT2D eigenvalue weighted by Crippen LogP contribution is -2.61.